The standard InChI is InChI=1S/C17H19FN2O2/c1-12(20-16-4-2-3-14(9-16)11-21)17(22)19-10-13-5-7-15(18)8-6-13/h2-9,12,20-21H,10-11H2,1H3,(H,19,22). The highest BCUT2D eigenvalue weighted by atomic mass is 19.1. The molecule has 0 saturated carbocycles. The van der Waals surface area contributed by atoms with Gasteiger partial charge in [0.25, 0.3) is 0 Å². The van der Waals surface area contributed by atoms with E-state index in [1.807, 2.05) is 18.2 Å². The Morgan fingerprint density at radius 3 is 2.59 bits per heavy atom. The molecule has 1 amide bonds. The van der Waals surface area contributed by atoms with Crippen molar-refractivity contribution in [3.63, 3.8) is 0 Å². The van der Waals surface area contributed by atoms with Crippen molar-refractivity contribution in [1.82, 2.24) is 5.32 Å². The minimum absolute atomic E-state index is 0.0410. The maximum atomic E-state index is 12.8. The fourth-order valence-electron chi connectivity index (χ4n) is 2.02. The zero-order valence-corrected chi connectivity index (χ0v) is 12.3. The van der Waals surface area contributed by atoms with Crippen LogP contribution in [-0.4, -0.2) is 17.1 Å². The number of carbonyl (C=O) groups is 1. The lowest BCUT2D eigenvalue weighted by Crippen LogP contribution is -2.37. The molecule has 0 spiro atoms. The minimum atomic E-state index is -0.422. The average molecular weight is 302 g/mol. The van der Waals surface area contributed by atoms with Gasteiger partial charge in [-0.05, 0) is 42.3 Å². The van der Waals surface area contributed by atoms with Gasteiger partial charge in [-0.15, -0.1) is 0 Å². The van der Waals surface area contributed by atoms with E-state index >= 15 is 0 Å². The zero-order valence-electron chi connectivity index (χ0n) is 12.3. The molecule has 0 radical (unpaired) electrons. The maximum absolute atomic E-state index is 12.8. The van der Waals surface area contributed by atoms with Gasteiger partial charge in [-0.3, -0.25) is 4.79 Å². The van der Waals surface area contributed by atoms with E-state index in [-0.39, 0.29) is 18.3 Å². The summed E-state index contributed by atoms with van der Waals surface area (Å²) in [6, 6.07) is 12.8. The first-order valence-electron chi connectivity index (χ1n) is 7.07. The molecule has 0 fully saturated rings. The van der Waals surface area contributed by atoms with Crippen LogP contribution in [0.4, 0.5) is 10.1 Å². The van der Waals surface area contributed by atoms with E-state index in [2.05, 4.69) is 10.6 Å². The molecule has 0 aliphatic heterocycles. The van der Waals surface area contributed by atoms with E-state index in [1.54, 1.807) is 25.1 Å². The number of halogens is 1. The molecule has 0 aromatic heterocycles. The highest BCUT2D eigenvalue weighted by Gasteiger charge is 2.12. The number of benzene rings is 2. The van der Waals surface area contributed by atoms with Gasteiger partial charge in [0, 0.05) is 12.2 Å². The van der Waals surface area contributed by atoms with Crippen molar-refractivity contribution >= 4 is 11.6 Å². The van der Waals surface area contributed by atoms with Crippen molar-refractivity contribution in [2.24, 2.45) is 0 Å². The highest BCUT2D eigenvalue weighted by molar-refractivity contribution is 5.84. The van der Waals surface area contributed by atoms with Crippen LogP contribution in [0.25, 0.3) is 0 Å². The first-order valence-corrected chi connectivity index (χ1v) is 7.07. The fourth-order valence-corrected chi connectivity index (χ4v) is 2.02. The Bertz CT molecular complexity index is 629. The predicted molar refractivity (Wildman–Crippen MR) is 83.7 cm³/mol. The summed E-state index contributed by atoms with van der Waals surface area (Å²) in [7, 11) is 0. The lowest BCUT2D eigenvalue weighted by molar-refractivity contribution is -0.121. The Hall–Kier alpha value is -2.40. The van der Waals surface area contributed by atoms with Crippen molar-refractivity contribution in [1.29, 1.82) is 0 Å². The van der Waals surface area contributed by atoms with Gasteiger partial charge in [0.05, 0.1) is 6.61 Å². The van der Waals surface area contributed by atoms with Crippen LogP contribution >= 0.6 is 0 Å². The second-order valence-corrected chi connectivity index (χ2v) is 5.07. The van der Waals surface area contributed by atoms with Gasteiger partial charge in [0.1, 0.15) is 11.9 Å². The Kier molecular flexibility index (Phi) is 5.49. The normalized spacial score (nSPS) is 11.8. The van der Waals surface area contributed by atoms with E-state index in [1.165, 1.54) is 12.1 Å². The smallest absolute Gasteiger partial charge is 0.242 e. The topological polar surface area (TPSA) is 61.4 Å². The molecule has 5 heteroatoms. The molecular weight excluding hydrogens is 283 g/mol. The van der Waals surface area contributed by atoms with Crippen molar-refractivity contribution in [3.05, 3.63) is 65.5 Å². The third-order valence-corrected chi connectivity index (χ3v) is 3.27. The van der Waals surface area contributed by atoms with E-state index in [9.17, 15) is 9.18 Å². The predicted octanol–water partition coefficient (Wildman–Crippen LogP) is 2.43. The van der Waals surface area contributed by atoms with Crippen molar-refractivity contribution in [3.8, 4) is 0 Å². The SMILES string of the molecule is CC(Nc1cccc(CO)c1)C(=O)NCc1ccc(F)cc1. The van der Waals surface area contributed by atoms with Gasteiger partial charge in [-0.25, -0.2) is 4.39 Å². The number of aliphatic hydroxyl groups excluding tert-OH is 1. The van der Waals surface area contributed by atoms with Gasteiger partial charge < -0.3 is 15.7 Å². The van der Waals surface area contributed by atoms with E-state index in [0.717, 1.165) is 16.8 Å². The lowest BCUT2D eigenvalue weighted by atomic mass is 10.2. The quantitative estimate of drug-likeness (QED) is 0.768. The molecule has 0 heterocycles. The number of anilines is 1. The highest BCUT2D eigenvalue weighted by Crippen LogP contribution is 2.12. The van der Waals surface area contributed by atoms with Crippen LogP contribution in [0.2, 0.25) is 0 Å². The average Bonchev–Trinajstić information content (AvgIpc) is 2.54. The van der Waals surface area contributed by atoms with Crippen LogP contribution < -0.4 is 10.6 Å². The van der Waals surface area contributed by atoms with Gasteiger partial charge >= 0.3 is 0 Å². The Balaban J connectivity index is 1.87. The summed E-state index contributed by atoms with van der Waals surface area (Å²) in [5.41, 5.74) is 2.39. The first kappa shape index (κ1) is 16.0. The molecule has 3 N–H and O–H groups in total. The number of nitrogens with one attached hydrogen (secondary N) is 2. The minimum Gasteiger partial charge on any atom is -0.392 e. The lowest BCUT2D eigenvalue weighted by Gasteiger charge is -2.16. The monoisotopic (exact) mass is 302 g/mol. The summed E-state index contributed by atoms with van der Waals surface area (Å²) in [4.78, 5) is 12.0. The largest absolute Gasteiger partial charge is 0.392 e. The summed E-state index contributed by atoms with van der Waals surface area (Å²) in [6.07, 6.45) is 0. The molecule has 2 rings (SSSR count). The number of carbonyl (C=O) groups excluding carboxylic acids is 1. The molecule has 1 atom stereocenters. The van der Waals surface area contributed by atoms with Gasteiger partial charge in [0.15, 0.2) is 0 Å². The van der Waals surface area contributed by atoms with Crippen LogP contribution in [0.3, 0.4) is 0 Å². The summed E-state index contributed by atoms with van der Waals surface area (Å²) in [6.45, 7) is 2.06. The van der Waals surface area contributed by atoms with Crippen LogP contribution in [0.1, 0.15) is 18.1 Å². The Morgan fingerprint density at radius 2 is 1.91 bits per heavy atom. The zero-order chi connectivity index (χ0) is 15.9. The van der Waals surface area contributed by atoms with Gasteiger partial charge in [-0.1, -0.05) is 24.3 Å². The summed E-state index contributed by atoms with van der Waals surface area (Å²) in [5, 5.41) is 15.0. The second-order valence-electron chi connectivity index (χ2n) is 5.07. The summed E-state index contributed by atoms with van der Waals surface area (Å²) in [5.74, 6) is -0.451. The molecule has 2 aromatic rings. The molecule has 0 aliphatic carbocycles. The van der Waals surface area contributed by atoms with E-state index < -0.39 is 6.04 Å². The van der Waals surface area contributed by atoms with E-state index in [0.29, 0.717) is 6.54 Å². The molecule has 2 aromatic carbocycles. The van der Waals surface area contributed by atoms with Gasteiger partial charge in [-0.2, -0.15) is 0 Å². The summed E-state index contributed by atoms with van der Waals surface area (Å²) >= 11 is 0. The Morgan fingerprint density at radius 1 is 1.18 bits per heavy atom. The number of hydrogen-bond donors (Lipinski definition) is 3. The van der Waals surface area contributed by atoms with Crippen LogP contribution in [0.5, 0.6) is 0 Å². The summed E-state index contributed by atoms with van der Waals surface area (Å²) < 4.78 is 12.8. The Labute approximate surface area is 129 Å². The molecular formula is C17H19FN2O2. The maximum Gasteiger partial charge on any atom is 0.242 e. The molecule has 4 nitrogen and oxygen atoms in total. The van der Waals surface area contributed by atoms with Crippen LogP contribution in [0, 0.1) is 5.82 Å². The molecule has 0 aliphatic rings. The number of hydrogen-bond acceptors (Lipinski definition) is 3. The number of amides is 1. The number of rotatable bonds is 6. The molecule has 0 saturated heterocycles. The molecule has 0 bridgehead atoms. The fraction of sp³-hybridized carbons (Fsp3) is 0.235. The van der Waals surface area contributed by atoms with Crippen LogP contribution in [-0.2, 0) is 17.9 Å². The van der Waals surface area contributed by atoms with Crippen molar-refractivity contribution < 1.29 is 14.3 Å². The number of aliphatic hydroxyl groups is 1. The van der Waals surface area contributed by atoms with Gasteiger partial charge in [0.2, 0.25) is 5.91 Å². The second kappa shape index (κ2) is 7.56. The van der Waals surface area contributed by atoms with Crippen molar-refractivity contribution in [2.75, 3.05) is 5.32 Å². The first-order chi connectivity index (χ1) is 10.6. The molecule has 22 heavy (non-hydrogen) atoms. The third kappa shape index (κ3) is 4.56. The van der Waals surface area contributed by atoms with Crippen molar-refractivity contribution in [2.45, 2.75) is 26.1 Å². The molecule has 1 unspecified atom stereocenters. The van der Waals surface area contributed by atoms with Crippen LogP contribution in [0.15, 0.2) is 48.5 Å². The molecule has 116 valence electrons. The van der Waals surface area contributed by atoms with E-state index in [4.69, 9.17) is 5.11 Å². The third-order valence-electron chi connectivity index (χ3n) is 3.27.